The summed E-state index contributed by atoms with van der Waals surface area (Å²) in [6.45, 7) is 8.59. The molecule has 0 radical (unpaired) electrons. The number of hydrogen-bond acceptors (Lipinski definition) is 2. The van der Waals surface area contributed by atoms with Gasteiger partial charge >= 0.3 is 0 Å². The zero-order chi connectivity index (χ0) is 17.4. The second-order valence-electron chi connectivity index (χ2n) is 6.46. The van der Waals surface area contributed by atoms with E-state index in [0.29, 0.717) is 12.3 Å². The molecule has 122 valence electrons. The molecule has 2 aromatic rings. The average Bonchev–Trinajstić information content (AvgIpc) is 2.87. The summed E-state index contributed by atoms with van der Waals surface area (Å²) in [6, 6.07) is 10.1. The average molecular weight is 318 g/mol. The third kappa shape index (κ3) is 2.67. The highest BCUT2D eigenvalue weighted by Gasteiger charge is 2.27. The molecule has 1 aliphatic rings. The summed E-state index contributed by atoms with van der Waals surface area (Å²) in [6.07, 6.45) is 2.34. The van der Waals surface area contributed by atoms with E-state index in [4.69, 9.17) is 5.41 Å². The van der Waals surface area contributed by atoms with Crippen LogP contribution in [0, 0.1) is 19.3 Å². The second-order valence-corrected chi connectivity index (χ2v) is 6.46. The third-order valence-electron chi connectivity index (χ3n) is 4.98. The molecule has 1 heterocycles. The Bertz CT molecular complexity index is 847. The summed E-state index contributed by atoms with van der Waals surface area (Å²) < 4.78 is 0. The van der Waals surface area contributed by atoms with Crippen molar-refractivity contribution in [2.45, 2.75) is 26.8 Å². The molecule has 0 atom stereocenters. The molecular weight excluding hydrogens is 296 g/mol. The molecule has 0 saturated heterocycles. The number of fused-ring (bicyclic) bond motifs is 1. The van der Waals surface area contributed by atoms with E-state index in [9.17, 15) is 4.79 Å². The van der Waals surface area contributed by atoms with Gasteiger partial charge in [0.25, 0.3) is 5.91 Å². The van der Waals surface area contributed by atoms with Gasteiger partial charge < -0.3 is 10.3 Å². The predicted molar refractivity (Wildman–Crippen MR) is 98.0 cm³/mol. The maximum atomic E-state index is 12.3. The summed E-state index contributed by atoms with van der Waals surface area (Å²) in [5, 5.41) is 7.80. The van der Waals surface area contributed by atoms with Crippen LogP contribution in [0.1, 0.15) is 43.7 Å². The molecule has 3 heteroatoms. The van der Waals surface area contributed by atoms with E-state index in [1.165, 1.54) is 27.8 Å². The van der Waals surface area contributed by atoms with Gasteiger partial charge in [0.2, 0.25) is 0 Å². The van der Waals surface area contributed by atoms with Crippen molar-refractivity contribution in [2.75, 3.05) is 7.05 Å². The molecule has 0 aliphatic carbocycles. The van der Waals surface area contributed by atoms with Crippen LogP contribution < -0.4 is 0 Å². The lowest BCUT2D eigenvalue weighted by Crippen LogP contribution is -2.17. The minimum Gasteiger partial charge on any atom is -0.337 e. The fourth-order valence-electron chi connectivity index (χ4n) is 3.27. The highest BCUT2D eigenvalue weighted by Crippen LogP contribution is 2.30. The Morgan fingerprint density at radius 2 is 1.92 bits per heavy atom. The number of carbonyl (C=O) groups is 1. The summed E-state index contributed by atoms with van der Waals surface area (Å²) >= 11 is 0. The normalized spacial score (nSPS) is 13.1. The lowest BCUT2D eigenvalue weighted by molar-refractivity contribution is 0.0816. The largest absolute Gasteiger partial charge is 0.337 e. The Labute approximate surface area is 143 Å². The first-order chi connectivity index (χ1) is 11.4. The minimum atomic E-state index is 0.115. The van der Waals surface area contributed by atoms with E-state index >= 15 is 0 Å². The van der Waals surface area contributed by atoms with Crippen molar-refractivity contribution >= 4 is 11.6 Å². The van der Waals surface area contributed by atoms with Gasteiger partial charge in [-0.3, -0.25) is 4.79 Å². The maximum Gasteiger partial charge on any atom is 0.254 e. The van der Waals surface area contributed by atoms with E-state index in [1.54, 1.807) is 11.0 Å². The van der Waals surface area contributed by atoms with Crippen molar-refractivity contribution in [1.29, 1.82) is 5.41 Å². The highest BCUT2D eigenvalue weighted by atomic mass is 16.2. The fourth-order valence-corrected chi connectivity index (χ4v) is 3.27. The highest BCUT2D eigenvalue weighted by molar-refractivity contribution is 6.06. The molecule has 1 amide bonds. The number of nitrogens with one attached hydrogen (secondary N) is 1. The number of allylic oxidation sites excluding steroid dienone is 1. The van der Waals surface area contributed by atoms with Crippen molar-refractivity contribution in [1.82, 2.24) is 4.90 Å². The molecule has 2 aromatic carbocycles. The van der Waals surface area contributed by atoms with Gasteiger partial charge in [-0.05, 0) is 65.8 Å². The first-order valence-electron chi connectivity index (χ1n) is 8.10. The molecule has 1 aliphatic heterocycles. The molecule has 3 nitrogen and oxygen atoms in total. The molecule has 0 fully saturated rings. The Balaban J connectivity index is 1.94. The van der Waals surface area contributed by atoms with E-state index in [0.717, 1.165) is 17.5 Å². The maximum absolute atomic E-state index is 12.3. The number of rotatable bonds is 4. The molecule has 3 rings (SSSR count). The number of carbonyl (C=O) groups excluding carboxylic acids is 1. The number of hydrogen-bond donors (Lipinski definition) is 1. The summed E-state index contributed by atoms with van der Waals surface area (Å²) in [4.78, 5) is 14.1. The zero-order valence-electron chi connectivity index (χ0n) is 14.4. The predicted octanol–water partition coefficient (Wildman–Crippen LogP) is 4.03. The van der Waals surface area contributed by atoms with Gasteiger partial charge in [0.05, 0.1) is 5.71 Å². The van der Waals surface area contributed by atoms with Crippen LogP contribution in [-0.4, -0.2) is 23.6 Å². The Hall–Kier alpha value is -2.68. The van der Waals surface area contributed by atoms with Crippen LogP contribution in [0.2, 0.25) is 0 Å². The lowest BCUT2D eigenvalue weighted by Gasteiger charge is -2.13. The van der Waals surface area contributed by atoms with Crippen LogP contribution in [0.4, 0.5) is 0 Å². The monoisotopic (exact) mass is 318 g/mol. The van der Waals surface area contributed by atoms with Crippen LogP contribution in [0.15, 0.2) is 43.0 Å². The summed E-state index contributed by atoms with van der Waals surface area (Å²) in [7, 11) is 1.85. The van der Waals surface area contributed by atoms with Crippen LogP contribution in [-0.2, 0) is 13.0 Å². The van der Waals surface area contributed by atoms with E-state index in [1.807, 2.05) is 31.3 Å². The minimum absolute atomic E-state index is 0.115. The van der Waals surface area contributed by atoms with Gasteiger partial charge in [-0.1, -0.05) is 30.8 Å². The van der Waals surface area contributed by atoms with E-state index in [2.05, 4.69) is 26.5 Å². The van der Waals surface area contributed by atoms with E-state index < -0.39 is 0 Å². The number of benzene rings is 2. The fraction of sp³-hybridized carbons (Fsp3) is 0.238. The summed E-state index contributed by atoms with van der Waals surface area (Å²) in [5.74, 6) is 0.115. The van der Waals surface area contributed by atoms with Crippen LogP contribution in [0.5, 0.6) is 0 Å². The van der Waals surface area contributed by atoms with Gasteiger partial charge in [-0.15, -0.1) is 0 Å². The molecule has 0 bridgehead atoms. The molecule has 0 saturated carbocycles. The zero-order valence-corrected chi connectivity index (χ0v) is 14.4. The molecule has 0 spiro atoms. The topological polar surface area (TPSA) is 44.2 Å². The number of nitrogens with zero attached hydrogens (tertiary/aromatic N) is 1. The Morgan fingerprint density at radius 1 is 1.25 bits per heavy atom. The first kappa shape index (κ1) is 16.2. The standard InChI is InChI=1S/C21H22N2O/c1-5-20(22)16-8-6-15(7-9-16)10-17-11-18-19(14(3)13(17)2)12-23(4)21(18)24/h5-9,11,22H,1,10,12H2,2-4H3. The molecule has 0 unspecified atom stereocenters. The Morgan fingerprint density at radius 3 is 2.54 bits per heavy atom. The van der Waals surface area contributed by atoms with Crippen LogP contribution in [0.25, 0.3) is 0 Å². The van der Waals surface area contributed by atoms with Gasteiger partial charge in [0, 0.05) is 19.2 Å². The summed E-state index contributed by atoms with van der Waals surface area (Å²) in [5.41, 5.74) is 8.18. The Kier molecular flexibility index (Phi) is 4.10. The first-order valence-corrected chi connectivity index (χ1v) is 8.10. The van der Waals surface area contributed by atoms with Gasteiger partial charge in [-0.25, -0.2) is 0 Å². The molecule has 24 heavy (non-hydrogen) atoms. The van der Waals surface area contributed by atoms with E-state index in [-0.39, 0.29) is 5.91 Å². The number of amides is 1. The second kappa shape index (κ2) is 6.08. The van der Waals surface area contributed by atoms with Crippen molar-refractivity contribution < 1.29 is 4.79 Å². The molecule has 0 aromatic heterocycles. The molecule has 1 N–H and O–H groups in total. The SMILES string of the molecule is C=CC(=N)c1ccc(Cc2cc3c(c(C)c2C)CN(C)C3=O)cc1. The smallest absolute Gasteiger partial charge is 0.254 e. The molecular formula is C21H22N2O. The van der Waals surface area contributed by atoms with Gasteiger partial charge in [-0.2, -0.15) is 0 Å². The van der Waals surface area contributed by atoms with Crippen LogP contribution >= 0.6 is 0 Å². The van der Waals surface area contributed by atoms with Gasteiger partial charge in [0.1, 0.15) is 0 Å². The van der Waals surface area contributed by atoms with Gasteiger partial charge in [0.15, 0.2) is 0 Å². The van der Waals surface area contributed by atoms with Crippen LogP contribution in [0.3, 0.4) is 0 Å². The quantitative estimate of drug-likeness (QED) is 0.850. The third-order valence-corrected chi connectivity index (χ3v) is 4.98. The van der Waals surface area contributed by atoms with Crippen molar-refractivity contribution in [3.05, 3.63) is 81.9 Å². The van der Waals surface area contributed by atoms with Crippen molar-refractivity contribution in [3.63, 3.8) is 0 Å². The van der Waals surface area contributed by atoms with Crippen molar-refractivity contribution in [3.8, 4) is 0 Å². The lowest BCUT2D eigenvalue weighted by atomic mass is 9.91. The van der Waals surface area contributed by atoms with Crippen molar-refractivity contribution in [2.24, 2.45) is 0 Å².